The summed E-state index contributed by atoms with van der Waals surface area (Å²) in [4.78, 5) is 12.5. The van der Waals surface area contributed by atoms with Crippen molar-refractivity contribution in [1.82, 2.24) is 5.32 Å². The average Bonchev–Trinajstić information content (AvgIpc) is 3.14. The highest BCUT2D eigenvalue weighted by Gasteiger charge is 2.19. The Morgan fingerprint density at radius 3 is 2.77 bits per heavy atom. The summed E-state index contributed by atoms with van der Waals surface area (Å²) in [6, 6.07) is 11.0. The highest BCUT2D eigenvalue weighted by molar-refractivity contribution is 6.39. The first-order chi connectivity index (χ1) is 12.1. The van der Waals surface area contributed by atoms with Crippen LogP contribution in [0.25, 0.3) is 0 Å². The predicted octanol–water partition coefficient (Wildman–Crippen LogP) is 5.38. The molecule has 0 saturated carbocycles. The molecule has 0 aromatic heterocycles. The van der Waals surface area contributed by atoms with E-state index in [0.717, 1.165) is 24.9 Å². The molecule has 3 rings (SSSR count). The van der Waals surface area contributed by atoms with Crippen LogP contribution in [0.5, 0.6) is 0 Å². The first-order valence-electron chi connectivity index (χ1n) is 8.27. The number of halogens is 3. The maximum absolute atomic E-state index is 12.5. The average molecular weight is 416 g/mol. The van der Waals surface area contributed by atoms with E-state index in [4.69, 9.17) is 27.9 Å². The van der Waals surface area contributed by atoms with Crippen LogP contribution in [0.3, 0.4) is 0 Å². The quantitative estimate of drug-likeness (QED) is 0.644. The van der Waals surface area contributed by atoms with E-state index in [1.807, 2.05) is 19.1 Å². The minimum Gasteiger partial charge on any atom is -0.460 e. The number of carbonyl (C=O) groups is 1. The van der Waals surface area contributed by atoms with Crippen LogP contribution in [0.4, 0.5) is 11.4 Å². The largest absolute Gasteiger partial charge is 0.460 e. The molecule has 2 aromatic rings. The van der Waals surface area contributed by atoms with Crippen molar-refractivity contribution in [2.45, 2.75) is 25.8 Å². The molecule has 1 atom stereocenters. The summed E-state index contributed by atoms with van der Waals surface area (Å²) in [5, 5.41) is 7.52. The second kappa shape index (κ2) is 9.47. The molecule has 1 unspecified atom stereocenters. The van der Waals surface area contributed by atoms with Gasteiger partial charge in [-0.1, -0.05) is 41.4 Å². The molecule has 0 aliphatic carbocycles. The summed E-state index contributed by atoms with van der Waals surface area (Å²) >= 11 is 12.6. The van der Waals surface area contributed by atoms with Gasteiger partial charge in [0.05, 0.1) is 27.0 Å². The molecule has 0 amide bonds. The zero-order valence-electron chi connectivity index (χ0n) is 14.4. The predicted molar refractivity (Wildman–Crippen MR) is 109 cm³/mol. The number of esters is 1. The summed E-state index contributed by atoms with van der Waals surface area (Å²) < 4.78 is 5.47. The third-order valence-electron chi connectivity index (χ3n) is 4.27. The van der Waals surface area contributed by atoms with Crippen LogP contribution in [-0.2, 0) is 4.74 Å². The number of para-hydroxylation sites is 1. The molecular formula is C19H21Cl3N2O2. The van der Waals surface area contributed by atoms with E-state index in [0.29, 0.717) is 33.6 Å². The Hall–Kier alpha value is -1.46. The van der Waals surface area contributed by atoms with Crippen LogP contribution < -0.4 is 10.6 Å². The Morgan fingerprint density at radius 1 is 1.27 bits per heavy atom. The molecule has 7 heteroatoms. The van der Waals surface area contributed by atoms with Gasteiger partial charge in [-0.3, -0.25) is 0 Å². The number of hydrogen-bond donors (Lipinski definition) is 2. The number of benzene rings is 2. The molecule has 0 bridgehead atoms. The van der Waals surface area contributed by atoms with Crippen LogP contribution in [-0.4, -0.2) is 25.2 Å². The van der Waals surface area contributed by atoms with E-state index < -0.39 is 0 Å². The molecule has 0 radical (unpaired) electrons. The number of ether oxygens (including phenoxy) is 1. The lowest BCUT2D eigenvalue weighted by molar-refractivity contribution is 0.0474. The van der Waals surface area contributed by atoms with Gasteiger partial charge in [0.15, 0.2) is 0 Å². The molecule has 0 spiro atoms. The summed E-state index contributed by atoms with van der Waals surface area (Å²) in [6.45, 7) is 3.25. The van der Waals surface area contributed by atoms with Gasteiger partial charge in [0.1, 0.15) is 6.61 Å². The molecule has 1 saturated heterocycles. The van der Waals surface area contributed by atoms with E-state index in [1.165, 1.54) is 0 Å². The van der Waals surface area contributed by atoms with Crippen molar-refractivity contribution >= 4 is 53.0 Å². The van der Waals surface area contributed by atoms with E-state index in [9.17, 15) is 4.79 Å². The number of anilines is 2. The summed E-state index contributed by atoms with van der Waals surface area (Å²) in [6.07, 6.45) is 2.15. The van der Waals surface area contributed by atoms with Gasteiger partial charge in [0.25, 0.3) is 0 Å². The molecule has 140 valence electrons. The summed E-state index contributed by atoms with van der Waals surface area (Å²) in [5.74, 6) is -0.364. The lowest BCUT2D eigenvalue weighted by Gasteiger charge is -2.16. The minimum absolute atomic E-state index is 0. The van der Waals surface area contributed by atoms with Gasteiger partial charge in [-0.15, -0.1) is 12.4 Å². The van der Waals surface area contributed by atoms with Crippen molar-refractivity contribution in [2.75, 3.05) is 18.5 Å². The van der Waals surface area contributed by atoms with Crippen LogP contribution in [0.1, 0.15) is 28.8 Å². The molecule has 1 aliphatic rings. The Labute approximate surface area is 169 Å². The Balaban J connectivity index is 0.00000243. The van der Waals surface area contributed by atoms with Crippen molar-refractivity contribution in [3.8, 4) is 0 Å². The van der Waals surface area contributed by atoms with Crippen molar-refractivity contribution in [3.63, 3.8) is 0 Å². The maximum atomic E-state index is 12.5. The molecule has 1 fully saturated rings. The van der Waals surface area contributed by atoms with Crippen LogP contribution in [0.2, 0.25) is 10.0 Å². The number of aryl methyl sites for hydroxylation is 1. The van der Waals surface area contributed by atoms with E-state index in [2.05, 4.69) is 10.6 Å². The van der Waals surface area contributed by atoms with Crippen molar-refractivity contribution in [3.05, 3.63) is 57.6 Å². The lowest BCUT2D eigenvalue weighted by Crippen LogP contribution is -2.28. The van der Waals surface area contributed by atoms with Crippen LogP contribution >= 0.6 is 35.6 Å². The number of rotatable bonds is 5. The van der Waals surface area contributed by atoms with E-state index >= 15 is 0 Å². The number of carbonyl (C=O) groups excluding carboxylic acids is 1. The topological polar surface area (TPSA) is 50.4 Å². The normalized spacial score (nSPS) is 16.0. The standard InChI is InChI=1S/C19H20Cl2N2O2.ClH/c1-12-8-9-15(20)18(17(12)21)23-16-7-3-2-6-14(16)19(24)25-11-13-5-4-10-22-13;/h2-3,6-9,13,22-23H,4-5,10-11H2,1H3;1H. The van der Waals surface area contributed by atoms with Gasteiger partial charge in [0, 0.05) is 6.04 Å². The second-order valence-electron chi connectivity index (χ2n) is 6.12. The highest BCUT2D eigenvalue weighted by Crippen LogP contribution is 2.36. The van der Waals surface area contributed by atoms with E-state index in [1.54, 1.807) is 24.3 Å². The van der Waals surface area contributed by atoms with Crippen molar-refractivity contribution in [1.29, 1.82) is 0 Å². The molecule has 2 N–H and O–H groups in total. The fourth-order valence-electron chi connectivity index (χ4n) is 2.83. The monoisotopic (exact) mass is 414 g/mol. The molecule has 1 heterocycles. The first-order valence-corrected chi connectivity index (χ1v) is 9.03. The second-order valence-corrected chi connectivity index (χ2v) is 6.90. The maximum Gasteiger partial charge on any atom is 0.340 e. The van der Waals surface area contributed by atoms with Gasteiger partial charge >= 0.3 is 5.97 Å². The zero-order chi connectivity index (χ0) is 17.8. The van der Waals surface area contributed by atoms with Gasteiger partial charge < -0.3 is 15.4 Å². The van der Waals surface area contributed by atoms with Crippen molar-refractivity contribution in [2.24, 2.45) is 0 Å². The Bertz CT molecular complexity index is 777. The smallest absolute Gasteiger partial charge is 0.340 e. The minimum atomic E-state index is -0.364. The van der Waals surface area contributed by atoms with E-state index in [-0.39, 0.29) is 24.4 Å². The van der Waals surface area contributed by atoms with Gasteiger partial charge in [0.2, 0.25) is 0 Å². The fraction of sp³-hybridized carbons (Fsp3) is 0.316. The third-order valence-corrected chi connectivity index (χ3v) is 5.07. The zero-order valence-corrected chi connectivity index (χ0v) is 16.7. The highest BCUT2D eigenvalue weighted by atomic mass is 35.5. The molecule has 1 aliphatic heterocycles. The number of hydrogen-bond acceptors (Lipinski definition) is 4. The van der Waals surface area contributed by atoms with Gasteiger partial charge in [-0.25, -0.2) is 4.79 Å². The van der Waals surface area contributed by atoms with Crippen LogP contribution in [0, 0.1) is 6.92 Å². The summed E-state index contributed by atoms with van der Waals surface area (Å²) in [7, 11) is 0. The fourth-order valence-corrected chi connectivity index (χ4v) is 3.29. The summed E-state index contributed by atoms with van der Waals surface area (Å²) in [5.41, 5.74) is 2.55. The third kappa shape index (κ3) is 4.83. The Morgan fingerprint density at radius 2 is 2.04 bits per heavy atom. The molecule has 2 aromatic carbocycles. The van der Waals surface area contributed by atoms with Crippen molar-refractivity contribution < 1.29 is 9.53 Å². The molecule has 4 nitrogen and oxygen atoms in total. The molecular weight excluding hydrogens is 395 g/mol. The Kier molecular flexibility index (Phi) is 7.59. The first kappa shape index (κ1) is 20.8. The molecule has 26 heavy (non-hydrogen) atoms. The van der Waals surface area contributed by atoms with Gasteiger partial charge in [-0.2, -0.15) is 0 Å². The van der Waals surface area contributed by atoms with Crippen LogP contribution in [0.15, 0.2) is 36.4 Å². The number of nitrogens with one attached hydrogen (secondary N) is 2. The van der Waals surface area contributed by atoms with Gasteiger partial charge in [-0.05, 0) is 50.1 Å². The SMILES string of the molecule is Cc1ccc(Cl)c(Nc2ccccc2C(=O)OCC2CCCN2)c1Cl.Cl. The lowest BCUT2D eigenvalue weighted by atomic mass is 10.1.